The molecule has 0 amide bonds. The van der Waals surface area contributed by atoms with Gasteiger partial charge in [-0.2, -0.15) is 0 Å². The Balaban J connectivity index is 2.09. The van der Waals surface area contributed by atoms with Gasteiger partial charge in [-0.3, -0.25) is 0 Å². The van der Waals surface area contributed by atoms with Gasteiger partial charge in [0.25, 0.3) is 0 Å². The van der Waals surface area contributed by atoms with Gasteiger partial charge in [-0.1, -0.05) is 6.08 Å². The number of benzene rings is 1. The minimum absolute atomic E-state index is 0.588. The molecule has 2 rings (SSSR count). The van der Waals surface area contributed by atoms with Gasteiger partial charge >= 0.3 is 0 Å². The summed E-state index contributed by atoms with van der Waals surface area (Å²) in [5.74, 6) is 2.23. The van der Waals surface area contributed by atoms with Gasteiger partial charge in [0.15, 0.2) is 11.5 Å². The van der Waals surface area contributed by atoms with Crippen molar-refractivity contribution < 1.29 is 9.47 Å². The molecule has 0 saturated heterocycles. The van der Waals surface area contributed by atoms with Gasteiger partial charge < -0.3 is 14.8 Å². The van der Waals surface area contributed by atoms with E-state index >= 15 is 0 Å². The molecule has 0 radical (unpaired) electrons. The highest BCUT2D eigenvalue weighted by molar-refractivity contribution is 5.53. The third-order valence-corrected chi connectivity index (χ3v) is 3.23. The molecule has 0 heterocycles. The smallest absolute Gasteiger partial charge is 0.161 e. The van der Waals surface area contributed by atoms with Crippen molar-refractivity contribution >= 4 is 0 Å². The quantitative estimate of drug-likeness (QED) is 0.603. The van der Waals surface area contributed by atoms with Crippen LogP contribution in [-0.2, 0) is 6.42 Å². The predicted molar refractivity (Wildman–Crippen MR) is 69.1 cm³/mol. The molecular weight excluding hydrogens is 214 g/mol. The van der Waals surface area contributed by atoms with Crippen LogP contribution in [0.25, 0.3) is 0 Å². The molecule has 0 saturated carbocycles. The lowest BCUT2D eigenvalue weighted by atomic mass is 9.77. The molecule has 1 aromatic rings. The molecule has 1 atom stereocenters. The molecule has 3 heteroatoms. The van der Waals surface area contributed by atoms with Gasteiger partial charge in [0, 0.05) is 19.0 Å². The lowest BCUT2D eigenvalue weighted by Crippen LogP contribution is -2.29. The Labute approximate surface area is 102 Å². The maximum Gasteiger partial charge on any atom is 0.161 e. The number of nitrogens with one attached hydrogen (secondary N) is 1. The molecule has 0 fully saturated rings. The highest BCUT2D eigenvalue weighted by Gasteiger charge is 2.27. The first-order chi connectivity index (χ1) is 8.30. The molecule has 1 aliphatic carbocycles. The van der Waals surface area contributed by atoms with Gasteiger partial charge in [-0.05, 0) is 29.7 Å². The van der Waals surface area contributed by atoms with E-state index in [1.54, 1.807) is 14.2 Å². The van der Waals surface area contributed by atoms with Crippen molar-refractivity contribution in [2.75, 3.05) is 27.3 Å². The van der Waals surface area contributed by atoms with E-state index in [9.17, 15) is 0 Å². The molecule has 0 unspecified atom stereocenters. The van der Waals surface area contributed by atoms with E-state index in [0.717, 1.165) is 31.0 Å². The van der Waals surface area contributed by atoms with Gasteiger partial charge in [0.05, 0.1) is 14.2 Å². The highest BCUT2D eigenvalue weighted by Crippen LogP contribution is 2.41. The summed E-state index contributed by atoms with van der Waals surface area (Å²) in [5, 5.41) is 3.35. The fourth-order valence-electron chi connectivity index (χ4n) is 2.28. The second-order valence-electron chi connectivity index (χ2n) is 4.25. The molecule has 1 N–H and O–H groups in total. The van der Waals surface area contributed by atoms with Crippen LogP contribution in [0.4, 0.5) is 0 Å². The second-order valence-corrected chi connectivity index (χ2v) is 4.25. The normalized spacial score (nSPS) is 16.9. The number of fused-ring (bicyclic) bond motifs is 1. The lowest BCUT2D eigenvalue weighted by Gasteiger charge is -2.31. The standard InChI is InChI=1S/C14H19NO2/c1-4-5-15-9-11-6-10-7-13(16-2)14(17-3)8-12(10)11/h4,7-8,11,15H,1,5-6,9H2,2-3H3/t11-/m1/s1. The summed E-state index contributed by atoms with van der Waals surface area (Å²) in [7, 11) is 3.35. The molecule has 0 aromatic heterocycles. The third kappa shape index (κ3) is 2.29. The molecule has 1 aliphatic rings. The van der Waals surface area contributed by atoms with E-state index in [0.29, 0.717) is 5.92 Å². The topological polar surface area (TPSA) is 30.5 Å². The first-order valence-electron chi connectivity index (χ1n) is 5.86. The monoisotopic (exact) mass is 233 g/mol. The summed E-state index contributed by atoms with van der Waals surface area (Å²) >= 11 is 0. The number of hydrogen-bond donors (Lipinski definition) is 1. The van der Waals surface area contributed by atoms with Gasteiger partial charge in [-0.25, -0.2) is 0 Å². The van der Waals surface area contributed by atoms with Crippen LogP contribution in [0.2, 0.25) is 0 Å². The maximum atomic E-state index is 5.32. The van der Waals surface area contributed by atoms with E-state index in [4.69, 9.17) is 9.47 Å². The summed E-state index contributed by atoms with van der Waals surface area (Å²) in [4.78, 5) is 0. The highest BCUT2D eigenvalue weighted by atomic mass is 16.5. The molecule has 0 bridgehead atoms. The van der Waals surface area contributed by atoms with Gasteiger partial charge in [0.2, 0.25) is 0 Å². The summed E-state index contributed by atoms with van der Waals surface area (Å²) in [6, 6.07) is 4.18. The number of hydrogen-bond acceptors (Lipinski definition) is 3. The van der Waals surface area contributed by atoms with Crippen LogP contribution in [0.15, 0.2) is 24.8 Å². The van der Waals surface area contributed by atoms with Crippen molar-refractivity contribution in [1.29, 1.82) is 0 Å². The molecule has 0 aliphatic heterocycles. The van der Waals surface area contributed by atoms with E-state index < -0.39 is 0 Å². The fraction of sp³-hybridized carbons (Fsp3) is 0.429. The van der Waals surface area contributed by atoms with Crippen molar-refractivity contribution in [1.82, 2.24) is 5.32 Å². The van der Waals surface area contributed by atoms with Crippen molar-refractivity contribution in [2.45, 2.75) is 12.3 Å². The summed E-state index contributed by atoms with van der Waals surface area (Å²) in [5.41, 5.74) is 2.74. The zero-order valence-corrected chi connectivity index (χ0v) is 10.5. The number of ether oxygens (including phenoxy) is 2. The first-order valence-corrected chi connectivity index (χ1v) is 5.86. The Bertz CT molecular complexity index is 415. The number of rotatable bonds is 6. The molecule has 3 nitrogen and oxygen atoms in total. The summed E-state index contributed by atoms with van der Waals surface area (Å²) in [6.07, 6.45) is 2.99. The van der Waals surface area contributed by atoms with Crippen LogP contribution in [0.5, 0.6) is 11.5 Å². The maximum absolute atomic E-state index is 5.32. The van der Waals surface area contributed by atoms with Crippen molar-refractivity contribution in [2.24, 2.45) is 0 Å². The van der Waals surface area contributed by atoms with E-state index in [1.807, 2.05) is 6.08 Å². The Morgan fingerprint density at radius 1 is 1.35 bits per heavy atom. The van der Waals surface area contributed by atoms with Crippen LogP contribution in [0, 0.1) is 0 Å². The molecule has 92 valence electrons. The fourth-order valence-corrected chi connectivity index (χ4v) is 2.28. The van der Waals surface area contributed by atoms with Crippen molar-refractivity contribution in [3.8, 4) is 11.5 Å². The van der Waals surface area contributed by atoms with Gasteiger partial charge in [-0.15, -0.1) is 6.58 Å². The first kappa shape index (κ1) is 12.0. The minimum atomic E-state index is 0.588. The van der Waals surface area contributed by atoms with E-state index in [1.165, 1.54) is 11.1 Å². The third-order valence-electron chi connectivity index (χ3n) is 3.23. The summed E-state index contributed by atoms with van der Waals surface area (Å²) < 4.78 is 10.6. The Morgan fingerprint density at radius 3 is 2.71 bits per heavy atom. The average molecular weight is 233 g/mol. The molecule has 1 aromatic carbocycles. The summed E-state index contributed by atoms with van der Waals surface area (Å²) in [6.45, 7) is 5.55. The van der Waals surface area contributed by atoms with Crippen molar-refractivity contribution in [3.63, 3.8) is 0 Å². The molecule has 0 spiro atoms. The predicted octanol–water partition coefficient (Wildman–Crippen LogP) is 2.12. The zero-order chi connectivity index (χ0) is 12.3. The Hall–Kier alpha value is -1.48. The van der Waals surface area contributed by atoms with E-state index in [-0.39, 0.29) is 0 Å². The minimum Gasteiger partial charge on any atom is -0.493 e. The molecule has 17 heavy (non-hydrogen) atoms. The van der Waals surface area contributed by atoms with Crippen molar-refractivity contribution in [3.05, 3.63) is 35.9 Å². The van der Waals surface area contributed by atoms with Crippen LogP contribution in [0.1, 0.15) is 17.0 Å². The van der Waals surface area contributed by atoms with Gasteiger partial charge in [0.1, 0.15) is 0 Å². The number of methoxy groups -OCH3 is 2. The van der Waals surface area contributed by atoms with Crippen LogP contribution < -0.4 is 14.8 Å². The Morgan fingerprint density at radius 2 is 2.06 bits per heavy atom. The SMILES string of the molecule is C=CCNC[C@H]1Cc2cc(OC)c(OC)cc21. The molecular formula is C14H19NO2. The second kappa shape index (κ2) is 5.23. The lowest BCUT2D eigenvalue weighted by molar-refractivity contribution is 0.351. The Kier molecular flexibility index (Phi) is 3.69. The zero-order valence-electron chi connectivity index (χ0n) is 10.5. The van der Waals surface area contributed by atoms with Crippen LogP contribution >= 0.6 is 0 Å². The largest absolute Gasteiger partial charge is 0.493 e. The average Bonchev–Trinajstić information content (AvgIpc) is 2.34. The van der Waals surface area contributed by atoms with Crippen LogP contribution in [0.3, 0.4) is 0 Å². The van der Waals surface area contributed by atoms with Crippen LogP contribution in [-0.4, -0.2) is 27.3 Å². The van der Waals surface area contributed by atoms with E-state index in [2.05, 4.69) is 24.0 Å².